The number of para-hydroxylation sites is 2. The fraction of sp³-hybridized carbons (Fsp3) is 0.0526. The third kappa shape index (κ3) is 5.44. The van der Waals surface area contributed by atoms with E-state index in [2.05, 4.69) is 15.4 Å². The summed E-state index contributed by atoms with van der Waals surface area (Å²) in [6, 6.07) is 13.9. The maximum atomic E-state index is 12.5. The highest BCUT2D eigenvalue weighted by Crippen LogP contribution is 2.29. The molecule has 0 radical (unpaired) electrons. The molecule has 0 saturated heterocycles. The molecule has 0 atom stereocenters. The molecule has 2 N–H and O–H groups in total. The predicted molar refractivity (Wildman–Crippen MR) is 111 cm³/mol. The standard InChI is InChI=1S/C19H12Cl2F2N2O3S/c20-11-6-5-10(9-12(11)21)14-7-8-16(27-14)17(26)25-19(29)24-13-3-1-2-4-15(13)28-18(22)23/h1-9,18H,(H2,24,25,26,29). The quantitative estimate of drug-likeness (QED) is 0.462. The molecule has 3 aromatic rings. The Morgan fingerprint density at radius 2 is 1.83 bits per heavy atom. The lowest BCUT2D eigenvalue weighted by Gasteiger charge is -2.13. The zero-order valence-corrected chi connectivity index (χ0v) is 16.7. The number of furan rings is 1. The Morgan fingerprint density at radius 1 is 1.07 bits per heavy atom. The van der Waals surface area contributed by atoms with Crippen molar-refractivity contribution >= 4 is 52.1 Å². The number of halogens is 4. The number of ether oxygens (including phenoxy) is 1. The van der Waals surface area contributed by atoms with E-state index in [9.17, 15) is 13.6 Å². The van der Waals surface area contributed by atoms with Crippen molar-refractivity contribution in [3.8, 4) is 17.1 Å². The van der Waals surface area contributed by atoms with Gasteiger partial charge < -0.3 is 14.5 Å². The molecule has 0 unspecified atom stereocenters. The van der Waals surface area contributed by atoms with Crippen molar-refractivity contribution in [2.75, 3.05) is 5.32 Å². The third-order valence-electron chi connectivity index (χ3n) is 3.61. The molecule has 1 heterocycles. The Labute approximate surface area is 179 Å². The van der Waals surface area contributed by atoms with Crippen molar-refractivity contribution in [1.82, 2.24) is 5.32 Å². The summed E-state index contributed by atoms with van der Waals surface area (Å²) in [5.41, 5.74) is 0.811. The lowest BCUT2D eigenvalue weighted by molar-refractivity contribution is -0.0493. The minimum Gasteiger partial charge on any atom is -0.451 e. The largest absolute Gasteiger partial charge is 0.451 e. The smallest absolute Gasteiger partial charge is 0.387 e. The van der Waals surface area contributed by atoms with E-state index in [1.807, 2.05) is 0 Å². The minimum atomic E-state index is -3.00. The van der Waals surface area contributed by atoms with Crippen molar-refractivity contribution in [2.24, 2.45) is 0 Å². The number of hydrogen-bond donors (Lipinski definition) is 2. The van der Waals surface area contributed by atoms with E-state index in [0.717, 1.165) is 0 Å². The summed E-state index contributed by atoms with van der Waals surface area (Å²) < 4.78 is 34.9. The second-order valence-corrected chi connectivity index (χ2v) is 6.80. The second kappa shape index (κ2) is 9.21. The molecule has 150 valence electrons. The van der Waals surface area contributed by atoms with E-state index >= 15 is 0 Å². The first-order valence-electron chi connectivity index (χ1n) is 8.05. The van der Waals surface area contributed by atoms with Crippen LogP contribution >= 0.6 is 35.4 Å². The maximum absolute atomic E-state index is 12.5. The van der Waals surface area contributed by atoms with Gasteiger partial charge in [0, 0.05) is 5.56 Å². The van der Waals surface area contributed by atoms with Crippen LogP contribution in [0.2, 0.25) is 10.0 Å². The van der Waals surface area contributed by atoms with E-state index in [0.29, 0.717) is 21.4 Å². The third-order valence-corrected chi connectivity index (χ3v) is 4.56. The minimum absolute atomic E-state index is 0.00709. The van der Waals surface area contributed by atoms with Crippen LogP contribution in [0.15, 0.2) is 59.0 Å². The molecular formula is C19H12Cl2F2N2O3S. The van der Waals surface area contributed by atoms with Gasteiger partial charge in [-0.1, -0.05) is 35.3 Å². The van der Waals surface area contributed by atoms with Crippen LogP contribution in [-0.4, -0.2) is 17.6 Å². The molecule has 0 aliphatic heterocycles. The molecule has 10 heteroatoms. The molecular weight excluding hydrogens is 445 g/mol. The molecule has 29 heavy (non-hydrogen) atoms. The van der Waals surface area contributed by atoms with Crippen molar-refractivity contribution in [3.05, 3.63) is 70.4 Å². The highest BCUT2D eigenvalue weighted by atomic mass is 35.5. The second-order valence-electron chi connectivity index (χ2n) is 5.58. The van der Waals surface area contributed by atoms with Gasteiger partial charge in [-0.25, -0.2) is 0 Å². The van der Waals surface area contributed by atoms with E-state index in [-0.39, 0.29) is 22.3 Å². The van der Waals surface area contributed by atoms with Crippen LogP contribution in [0.1, 0.15) is 10.6 Å². The summed E-state index contributed by atoms with van der Waals surface area (Å²) in [7, 11) is 0. The first kappa shape index (κ1) is 21.0. The highest BCUT2D eigenvalue weighted by Gasteiger charge is 2.16. The molecule has 1 amide bonds. The van der Waals surface area contributed by atoms with Gasteiger partial charge in [0.1, 0.15) is 11.5 Å². The van der Waals surface area contributed by atoms with Crippen LogP contribution in [0.3, 0.4) is 0 Å². The summed E-state index contributed by atoms with van der Waals surface area (Å²) in [6.45, 7) is -3.00. The molecule has 0 bridgehead atoms. The molecule has 0 aliphatic carbocycles. The Hall–Kier alpha value is -2.68. The average molecular weight is 457 g/mol. The summed E-state index contributed by atoms with van der Waals surface area (Å²) in [6.07, 6.45) is 0. The fourth-order valence-corrected chi connectivity index (χ4v) is 2.85. The number of amides is 1. The highest BCUT2D eigenvalue weighted by molar-refractivity contribution is 7.80. The van der Waals surface area contributed by atoms with Crippen molar-refractivity contribution in [3.63, 3.8) is 0 Å². The predicted octanol–water partition coefficient (Wildman–Crippen LogP) is 5.98. The number of hydrogen-bond acceptors (Lipinski definition) is 4. The topological polar surface area (TPSA) is 63.5 Å². The average Bonchev–Trinajstić information content (AvgIpc) is 3.15. The van der Waals surface area contributed by atoms with Gasteiger partial charge >= 0.3 is 6.61 Å². The van der Waals surface area contributed by atoms with Gasteiger partial charge in [0.2, 0.25) is 0 Å². The molecule has 5 nitrogen and oxygen atoms in total. The van der Waals surface area contributed by atoms with Crippen molar-refractivity contribution in [2.45, 2.75) is 6.61 Å². The number of benzene rings is 2. The van der Waals surface area contributed by atoms with Crippen molar-refractivity contribution < 1.29 is 22.7 Å². The lowest BCUT2D eigenvalue weighted by Crippen LogP contribution is -2.34. The van der Waals surface area contributed by atoms with Crippen LogP contribution in [0.25, 0.3) is 11.3 Å². The molecule has 2 aromatic carbocycles. The van der Waals surface area contributed by atoms with E-state index in [1.165, 1.54) is 24.3 Å². The Kier molecular flexibility index (Phi) is 6.68. The van der Waals surface area contributed by atoms with Gasteiger partial charge in [-0.3, -0.25) is 10.1 Å². The van der Waals surface area contributed by atoms with Gasteiger partial charge in [-0.2, -0.15) is 8.78 Å². The molecule has 0 fully saturated rings. The monoisotopic (exact) mass is 456 g/mol. The maximum Gasteiger partial charge on any atom is 0.387 e. The summed E-state index contributed by atoms with van der Waals surface area (Å²) >= 11 is 16.9. The van der Waals surface area contributed by atoms with Crippen LogP contribution in [0.5, 0.6) is 5.75 Å². The van der Waals surface area contributed by atoms with Crippen molar-refractivity contribution in [1.29, 1.82) is 0 Å². The molecule has 0 aliphatic rings. The normalized spacial score (nSPS) is 10.7. The number of nitrogens with one attached hydrogen (secondary N) is 2. The fourth-order valence-electron chi connectivity index (χ4n) is 2.35. The van der Waals surface area contributed by atoms with E-state index in [1.54, 1.807) is 30.3 Å². The van der Waals surface area contributed by atoms with Gasteiger partial charge in [0.25, 0.3) is 5.91 Å². The molecule has 0 spiro atoms. The molecule has 0 saturated carbocycles. The van der Waals surface area contributed by atoms with Gasteiger partial charge in [0.05, 0.1) is 15.7 Å². The summed E-state index contributed by atoms with van der Waals surface area (Å²) in [5.74, 6) is -0.337. The molecule has 1 aromatic heterocycles. The van der Waals surface area contributed by atoms with Crippen LogP contribution in [0, 0.1) is 0 Å². The number of carbonyl (C=O) groups is 1. The number of rotatable bonds is 5. The van der Waals surface area contributed by atoms with Crippen LogP contribution in [0.4, 0.5) is 14.5 Å². The van der Waals surface area contributed by atoms with Crippen LogP contribution < -0.4 is 15.4 Å². The first-order chi connectivity index (χ1) is 13.8. The molecule has 3 rings (SSSR count). The Morgan fingerprint density at radius 3 is 2.55 bits per heavy atom. The SMILES string of the molecule is O=C(NC(=S)Nc1ccccc1OC(F)F)c1ccc(-c2ccc(Cl)c(Cl)c2)o1. The lowest BCUT2D eigenvalue weighted by atomic mass is 10.2. The number of carbonyl (C=O) groups excluding carboxylic acids is 1. The van der Waals surface area contributed by atoms with Gasteiger partial charge in [0.15, 0.2) is 10.9 Å². The summed E-state index contributed by atoms with van der Waals surface area (Å²) in [5, 5.41) is 5.67. The zero-order chi connectivity index (χ0) is 21.0. The van der Waals surface area contributed by atoms with E-state index < -0.39 is 12.5 Å². The van der Waals surface area contributed by atoms with Crippen LogP contribution in [-0.2, 0) is 0 Å². The summed E-state index contributed by atoms with van der Waals surface area (Å²) in [4.78, 5) is 12.3. The number of thiocarbonyl (C=S) groups is 1. The Bertz CT molecular complexity index is 1060. The first-order valence-corrected chi connectivity index (χ1v) is 9.21. The van der Waals surface area contributed by atoms with Gasteiger partial charge in [-0.15, -0.1) is 0 Å². The number of alkyl halides is 2. The number of anilines is 1. The van der Waals surface area contributed by atoms with Gasteiger partial charge in [-0.05, 0) is 54.7 Å². The Balaban J connectivity index is 1.67. The van der Waals surface area contributed by atoms with E-state index in [4.69, 9.17) is 39.8 Å². The zero-order valence-electron chi connectivity index (χ0n) is 14.4.